The SMILES string of the molecule is C=C(Br)/C=C(\C=NCC)C(=O)Nc1ccc(-n2nc(Cc3cccnc3)cc2C(F)(F)F)nn1. The maximum absolute atomic E-state index is 13.6. The maximum Gasteiger partial charge on any atom is 0.433 e. The average molecular weight is 534 g/mol. The Morgan fingerprint density at radius 2 is 2.09 bits per heavy atom. The number of aliphatic imine (C=N–C) groups is 1. The second-order valence-corrected chi connectivity index (χ2v) is 7.89. The van der Waals surface area contributed by atoms with Crippen LogP contribution in [0.2, 0.25) is 0 Å². The average Bonchev–Trinajstić information content (AvgIpc) is 3.22. The number of amides is 1. The largest absolute Gasteiger partial charge is 0.433 e. The van der Waals surface area contributed by atoms with Crippen molar-refractivity contribution in [2.75, 3.05) is 11.9 Å². The normalized spacial score (nSPS) is 12.2. The van der Waals surface area contributed by atoms with Gasteiger partial charge >= 0.3 is 6.18 Å². The Bertz CT molecular complexity index is 1220. The van der Waals surface area contributed by atoms with Crippen LogP contribution in [0.5, 0.6) is 0 Å². The fourth-order valence-corrected chi connectivity index (χ4v) is 3.06. The summed E-state index contributed by atoms with van der Waals surface area (Å²) in [6.07, 6.45) is 1.49. The Kier molecular flexibility index (Phi) is 8.05. The molecular weight excluding hydrogens is 515 g/mol. The molecule has 1 amide bonds. The molecule has 0 unspecified atom stereocenters. The zero-order valence-corrected chi connectivity index (χ0v) is 19.5. The third-order valence-corrected chi connectivity index (χ3v) is 4.48. The summed E-state index contributed by atoms with van der Waals surface area (Å²) in [5, 5.41) is 14.2. The van der Waals surface area contributed by atoms with Gasteiger partial charge in [-0.2, -0.15) is 18.3 Å². The summed E-state index contributed by atoms with van der Waals surface area (Å²) in [6.45, 7) is 5.95. The van der Waals surface area contributed by atoms with Crippen LogP contribution in [0, 0.1) is 0 Å². The molecule has 0 aromatic carbocycles. The molecule has 3 aromatic rings. The minimum atomic E-state index is -4.66. The lowest BCUT2D eigenvalue weighted by molar-refractivity contribution is -0.142. The minimum absolute atomic E-state index is 0.0426. The number of nitrogens with zero attached hydrogens (tertiary/aromatic N) is 6. The van der Waals surface area contributed by atoms with Gasteiger partial charge < -0.3 is 5.32 Å². The molecule has 1 N–H and O–H groups in total. The second-order valence-electron chi connectivity index (χ2n) is 6.87. The molecule has 34 heavy (non-hydrogen) atoms. The van der Waals surface area contributed by atoms with Gasteiger partial charge in [0.15, 0.2) is 11.6 Å². The van der Waals surface area contributed by atoms with Crippen LogP contribution in [-0.2, 0) is 17.4 Å². The van der Waals surface area contributed by atoms with Crippen molar-refractivity contribution in [3.05, 3.63) is 82.4 Å². The van der Waals surface area contributed by atoms with Gasteiger partial charge in [0.2, 0.25) is 0 Å². The molecule has 0 radical (unpaired) electrons. The second kappa shape index (κ2) is 11.0. The third-order valence-electron chi connectivity index (χ3n) is 4.25. The van der Waals surface area contributed by atoms with Crippen LogP contribution < -0.4 is 5.32 Å². The van der Waals surface area contributed by atoms with Gasteiger partial charge in [-0.15, -0.1) is 10.2 Å². The molecule has 12 heteroatoms. The van der Waals surface area contributed by atoms with E-state index >= 15 is 0 Å². The van der Waals surface area contributed by atoms with Crippen molar-refractivity contribution in [3.8, 4) is 5.82 Å². The van der Waals surface area contributed by atoms with E-state index in [0.717, 1.165) is 6.07 Å². The number of rotatable bonds is 8. The number of carbonyl (C=O) groups is 1. The number of allylic oxidation sites excluding steroid dienone is 2. The van der Waals surface area contributed by atoms with Gasteiger partial charge in [-0.1, -0.05) is 28.6 Å². The van der Waals surface area contributed by atoms with E-state index in [1.54, 1.807) is 24.5 Å². The number of aromatic nitrogens is 5. The Hall–Kier alpha value is -3.67. The van der Waals surface area contributed by atoms with E-state index < -0.39 is 17.8 Å². The lowest BCUT2D eigenvalue weighted by atomic mass is 10.1. The van der Waals surface area contributed by atoms with Gasteiger partial charge in [0.25, 0.3) is 5.91 Å². The van der Waals surface area contributed by atoms with E-state index in [-0.39, 0.29) is 29.3 Å². The molecule has 176 valence electrons. The quantitative estimate of drug-likeness (QED) is 0.260. The molecule has 3 heterocycles. The fourth-order valence-electron chi connectivity index (χ4n) is 2.82. The van der Waals surface area contributed by atoms with E-state index in [1.807, 2.05) is 6.92 Å². The Morgan fingerprint density at radius 1 is 1.29 bits per heavy atom. The first kappa shape index (κ1) is 25.0. The summed E-state index contributed by atoms with van der Waals surface area (Å²) in [7, 11) is 0. The molecule has 0 saturated heterocycles. The van der Waals surface area contributed by atoms with Crippen LogP contribution in [0.1, 0.15) is 23.9 Å². The van der Waals surface area contributed by atoms with Crippen LogP contribution in [-0.4, -0.2) is 43.6 Å². The van der Waals surface area contributed by atoms with Crippen LogP contribution >= 0.6 is 15.9 Å². The van der Waals surface area contributed by atoms with Gasteiger partial charge in [0.1, 0.15) is 5.69 Å². The van der Waals surface area contributed by atoms with Gasteiger partial charge in [-0.05, 0) is 42.8 Å². The highest BCUT2D eigenvalue weighted by Crippen LogP contribution is 2.31. The van der Waals surface area contributed by atoms with Crippen molar-refractivity contribution in [2.24, 2.45) is 4.99 Å². The molecule has 0 aliphatic carbocycles. The van der Waals surface area contributed by atoms with Gasteiger partial charge in [-0.25, -0.2) is 4.68 Å². The van der Waals surface area contributed by atoms with Crippen molar-refractivity contribution in [1.82, 2.24) is 25.0 Å². The number of nitrogens with one attached hydrogen (secondary N) is 1. The first-order chi connectivity index (χ1) is 16.2. The molecule has 0 spiro atoms. The summed E-state index contributed by atoms with van der Waals surface area (Å²) in [5.74, 6) is -0.644. The van der Waals surface area contributed by atoms with E-state index in [1.165, 1.54) is 24.4 Å². The molecule has 3 rings (SSSR count). The summed E-state index contributed by atoms with van der Waals surface area (Å²) in [6, 6.07) is 7.01. The predicted octanol–water partition coefficient (Wildman–Crippen LogP) is 4.53. The van der Waals surface area contributed by atoms with Crippen LogP contribution in [0.3, 0.4) is 0 Å². The lowest BCUT2D eigenvalue weighted by Gasteiger charge is -2.09. The molecule has 0 aliphatic rings. The van der Waals surface area contributed by atoms with E-state index in [4.69, 9.17) is 0 Å². The van der Waals surface area contributed by atoms with Gasteiger partial charge in [-0.3, -0.25) is 14.8 Å². The zero-order chi connectivity index (χ0) is 24.7. The van der Waals surface area contributed by atoms with E-state index in [2.05, 4.69) is 53.1 Å². The maximum atomic E-state index is 13.6. The van der Waals surface area contributed by atoms with Gasteiger partial charge in [0.05, 0.1) is 11.3 Å². The minimum Gasteiger partial charge on any atom is -0.305 e. The highest BCUT2D eigenvalue weighted by atomic mass is 79.9. The van der Waals surface area contributed by atoms with E-state index in [9.17, 15) is 18.0 Å². The molecule has 0 atom stereocenters. The number of anilines is 1. The van der Waals surface area contributed by atoms with Crippen molar-refractivity contribution in [3.63, 3.8) is 0 Å². The monoisotopic (exact) mass is 533 g/mol. The number of halogens is 4. The summed E-state index contributed by atoms with van der Waals surface area (Å²) >= 11 is 3.16. The Balaban J connectivity index is 1.85. The molecule has 0 fully saturated rings. The standard InChI is InChI=1S/C22H19BrF3N7O/c1-3-27-13-16(9-14(2)23)21(34)29-19-6-7-20(31-30-19)33-18(22(24,25)26)11-17(32-33)10-15-5-4-8-28-12-15/h4-9,11-13H,2-3,10H2,1H3,(H,29,30,34)/b16-9+,27-13?. The molecule has 3 aromatic heterocycles. The summed E-state index contributed by atoms with van der Waals surface area (Å²) in [5.41, 5.74) is 0.126. The first-order valence-corrected chi connectivity index (χ1v) is 10.7. The number of pyridine rings is 1. The van der Waals surface area contributed by atoms with Crippen LogP contribution in [0.15, 0.2) is 70.4 Å². The molecule has 0 bridgehead atoms. The third kappa shape index (κ3) is 6.67. The fraction of sp³-hybridized carbons (Fsp3) is 0.182. The first-order valence-electron chi connectivity index (χ1n) is 9.93. The smallest absolute Gasteiger partial charge is 0.305 e. The number of carbonyl (C=O) groups excluding carboxylic acids is 1. The predicted molar refractivity (Wildman–Crippen MR) is 125 cm³/mol. The Labute approximate surface area is 201 Å². The number of hydrogen-bond donors (Lipinski definition) is 1. The van der Waals surface area contributed by atoms with Gasteiger partial charge in [0, 0.05) is 36.1 Å². The summed E-state index contributed by atoms with van der Waals surface area (Å²) in [4.78, 5) is 20.5. The highest BCUT2D eigenvalue weighted by Gasteiger charge is 2.36. The van der Waals surface area contributed by atoms with Crippen molar-refractivity contribution in [1.29, 1.82) is 0 Å². The van der Waals surface area contributed by atoms with Crippen LogP contribution in [0.25, 0.3) is 5.82 Å². The summed E-state index contributed by atoms with van der Waals surface area (Å²) < 4.78 is 42.0. The lowest BCUT2D eigenvalue weighted by Crippen LogP contribution is -2.18. The van der Waals surface area contributed by atoms with Crippen molar-refractivity contribution < 1.29 is 18.0 Å². The molecule has 0 aliphatic heterocycles. The van der Waals surface area contributed by atoms with Crippen molar-refractivity contribution in [2.45, 2.75) is 19.5 Å². The zero-order valence-electron chi connectivity index (χ0n) is 17.9. The molecule has 0 saturated carbocycles. The number of hydrogen-bond acceptors (Lipinski definition) is 6. The van der Waals surface area contributed by atoms with E-state index in [0.29, 0.717) is 21.3 Å². The van der Waals surface area contributed by atoms with Crippen molar-refractivity contribution >= 4 is 33.9 Å². The molecule has 8 nitrogen and oxygen atoms in total. The Morgan fingerprint density at radius 3 is 2.68 bits per heavy atom. The van der Waals surface area contributed by atoms with Crippen LogP contribution in [0.4, 0.5) is 19.0 Å². The topological polar surface area (TPSA) is 98.0 Å². The highest BCUT2D eigenvalue weighted by molar-refractivity contribution is 9.11. The molecular formula is C22H19BrF3N7O. The number of alkyl halides is 3.